The van der Waals surface area contributed by atoms with Gasteiger partial charge >= 0.3 is 0 Å². The summed E-state index contributed by atoms with van der Waals surface area (Å²) < 4.78 is 1.05. The summed E-state index contributed by atoms with van der Waals surface area (Å²) in [6.07, 6.45) is 3.15. The van der Waals surface area contributed by atoms with E-state index in [4.69, 9.17) is 4.98 Å². The zero-order valence-corrected chi connectivity index (χ0v) is 18.3. The highest BCUT2D eigenvalue weighted by Crippen LogP contribution is 2.32. The van der Waals surface area contributed by atoms with E-state index in [2.05, 4.69) is 13.0 Å². The number of fused-ring (bicyclic) bond motifs is 1. The zero-order chi connectivity index (χ0) is 21.8. The highest BCUT2D eigenvalue weighted by atomic mass is 32.1. The first kappa shape index (κ1) is 21.6. The van der Waals surface area contributed by atoms with Gasteiger partial charge < -0.3 is 4.90 Å². The monoisotopic (exact) mass is 424 g/mol. The maximum Gasteiger partial charge on any atom is 0.269 e. The van der Waals surface area contributed by atoms with Gasteiger partial charge in [-0.15, -0.1) is 0 Å². The molecular weight excluding hydrogens is 400 g/mol. The second-order valence-electron chi connectivity index (χ2n) is 7.33. The molecule has 0 aliphatic heterocycles. The van der Waals surface area contributed by atoms with Crippen LogP contribution in [0.5, 0.6) is 0 Å². The summed E-state index contributed by atoms with van der Waals surface area (Å²) in [6.45, 7) is 5.30. The summed E-state index contributed by atoms with van der Waals surface area (Å²) in [6, 6.07) is 10.2. The topological polar surface area (TPSA) is 79.6 Å². The molecule has 3 aromatic rings. The van der Waals surface area contributed by atoms with Crippen LogP contribution in [-0.2, 0) is 4.79 Å². The first-order chi connectivity index (χ1) is 14.3. The molecule has 1 aromatic heterocycles. The lowest BCUT2D eigenvalue weighted by molar-refractivity contribution is -0.384. The van der Waals surface area contributed by atoms with Gasteiger partial charge in [0, 0.05) is 31.3 Å². The fraction of sp³-hybridized carbons (Fsp3) is 0.273. The van der Waals surface area contributed by atoms with Crippen molar-refractivity contribution in [3.05, 3.63) is 69.3 Å². The minimum absolute atomic E-state index is 0.0197. The van der Waals surface area contributed by atoms with E-state index in [9.17, 15) is 14.9 Å². The minimum atomic E-state index is -0.446. The fourth-order valence-electron chi connectivity index (χ4n) is 2.89. The summed E-state index contributed by atoms with van der Waals surface area (Å²) in [7, 11) is 3.92. The molecule has 0 N–H and O–H groups in total. The van der Waals surface area contributed by atoms with E-state index in [1.54, 1.807) is 23.1 Å². The van der Waals surface area contributed by atoms with Crippen LogP contribution < -0.4 is 4.90 Å². The van der Waals surface area contributed by atoms with Crippen molar-refractivity contribution < 1.29 is 9.72 Å². The number of non-ortho nitro benzene ring substituents is 1. The lowest BCUT2D eigenvalue weighted by atomic mass is 10.1. The van der Waals surface area contributed by atoms with Crippen LogP contribution in [0.3, 0.4) is 0 Å². The standard InChI is InChI=1S/C22H24N4O3S/c1-15-5-11-19-21(16(15)2)23-22(30-19)25(14-13-24(3)4)20(27)12-8-17-6-9-18(10-7-17)26(28)29/h5-12H,13-14H2,1-4H3/b12-8-. The minimum Gasteiger partial charge on any atom is -0.308 e. The number of likely N-dealkylation sites (N-methyl/N-ethyl adjacent to an activating group) is 1. The molecule has 0 saturated carbocycles. The van der Waals surface area contributed by atoms with Crippen LogP contribution in [0.1, 0.15) is 16.7 Å². The number of thiazole rings is 1. The van der Waals surface area contributed by atoms with Gasteiger partial charge in [0.05, 0.1) is 15.1 Å². The molecule has 0 aliphatic rings. The van der Waals surface area contributed by atoms with Crippen LogP contribution in [0.25, 0.3) is 16.3 Å². The van der Waals surface area contributed by atoms with Gasteiger partial charge in [-0.2, -0.15) is 0 Å². The Bertz CT molecular complexity index is 1100. The van der Waals surface area contributed by atoms with Crippen molar-refractivity contribution in [1.82, 2.24) is 9.88 Å². The smallest absolute Gasteiger partial charge is 0.269 e. The Morgan fingerprint density at radius 3 is 2.47 bits per heavy atom. The second-order valence-corrected chi connectivity index (χ2v) is 8.33. The van der Waals surface area contributed by atoms with Crippen LogP contribution in [0.4, 0.5) is 10.8 Å². The highest BCUT2D eigenvalue weighted by Gasteiger charge is 2.19. The predicted molar refractivity (Wildman–Crippen MR) is 122 cm³/mol. The van der Waals surface area contributed by atoms with E-state index in [0.717, 1.165) is 21.3 Å². The van der Waals surface area contributed by atoms with Gasteiger partial charge in [0.15, 0.2) is 5.13 Å². The van der Waals surface area contributed by atoms with E-state index in [-0.39, 0.29) is 11.6 Å². The number of rotatable bonds is 7. The van der Waals surface area contributed by atoms with Crippen molar-refractivity contribution in [3.8, 4) is 0 Å². The number of amides is 1. The van der Waals surface area contributed by atoms with Crippen LogP contribution in [0.15, 0.2) is 42.5 Å². The molecule has 1 heterocycles. The molecule has 0 atom stereocenters. The Hall–Kier alpha value is -3.10. The molecule has 0 spiro atoms. The average Bonchev–Trinajstić information content (AvgIpc) is 3.14. The number of nitro groups is 1. The maximum atomic E-state index is 13.0. The van der Waals surface area contributed by atoms with Crippen molar-refractivity contribution >= 4 is 44.4 Å². The molecule has 0 fully saturated rings. The number of anilines is 1. The summed E-state index contributed by atoms with van der Waals surface area (Å²) in [5.41, 5.74) is 3.96. The van der Waals surface area contributed by atoms with Crippen molar-refractivity contribution in [1.29, 1.82) is 0 Å². The van der Waals surface area contributed by atoms with Crippen molar-refractivity contribution in [2.45, 2.75) is 13.8 Å². The van der Waals surface area contributed by atoms with Gasteiger partial charge in [-0.1, -0.05) is 17.4 Å². The molecule has 3 rings (SSSR count). The zero-order valence-electron chi connectivity index (χ0n) is 17.5. The van der Waals surface area contributed by atoms with E-state index in [0.29, 0.717) is 18.2 Å². The van der Waals surface area contributed by atoms with Gasteiger partial charge in [0.2, 0.25) is 0 Å². The normalized spacial score (nSPS) is 11.5. The molecule has 0 saturated heterocycles. The van der Waals surface area contributed by atoms with Crippen LogP contribution in [0.2, 0.25) is 0 Å². The van der Waals surface area contributed by atoms with Crippen molar-refractivity contribution in [2.24, 2.45) is 0 Å². The van der Waals surface area contributed by atoms with Crippen LogP contribution in [0, 0.1) is 24.0 Å². The lowest BCUT2D eigenvalue weighted by Gasteiger charge is -2.20. The quantitative estimate of drug-likeness (QED) is 0.318. The van der Waals surface area contributed by atoms with Crippen molar-refractivity contribution in [2.75, 3.05) is 32.1 Å². The number of hydrogen-bond donors (Lipinski definition) is 0. The Morgan fingerprint density at radius 1 is 1.13 bits per heavy atom. The molecule has 0 bridgehead atoms. The predicted octanol–water partition coefficient (Wildman–Crippen LogP) is 4.43. The van der Waals surface area contributed by atoms with Gasteiger partial charge in [0.1, 0.15) is 0 Å². The molecule has 2 aromatic carbocycles. The Morgan fingerprint density at radius 2 is 1.83 bits per heavy atom. The number of aromatic nitrogens is 1. The molecular formula is C22H24N4O3S. The van der Waals surface area contributed by atoms with Crippen LogP contribution in [-0.4, -0.2) is 47.9 Å². The molecule has 0 radical (unpaired) electrons. The second kappa shape index (κ2) is 9.15. The Balaban J connectivity index is 1.88. The lowest BCUT2D eigenvalue weighted by Crippen LogP contribution is -2.35. The summed E-state index contributed by atoms with van der Waals surface area (Å²) in [5.74, 6) is -0.177. The Labute approximate surface area is 179 Å². The molecule has 1 amide bonds. The molecule has 0 unspecified atom stereocenters. The van der Waals surface area contributed by atoms with E-state index >= 15 is 0 Å². The van der Waals surface area contributed by atoms with Gasteiger partial charge in [-0.3, -0.25) is 19.8 Å². The maximum absolute atomic E-state index is 13.0. The van der Waals surface area contributed by atoms with Gasteiger partial charge in [-0.05, 0) is 68.9 Å². The van der Waals surface area contributed by atoms with E-state index < -0.39 is 4.92 Å². The Kier molecular flexibility index (Phi) is 6.59. The number of hydrogen-bond acceptors (Lipinski definition) is 6. The van der Waals surface area contributed by atoms with Gasteiger partial charge in [0.25, 0.3) is 11.6 Å². The average molecular weight is 425 g/mol. The number of nitro benzene ring substituents is 1. The summed E-state index contributed by atoms with van der Waals surface area (Å²) >= 11 is 1.50. The van der Waals surface area contributed by atoms with E-state index in [1.165, 1.54) is 35.1 Å². The summed E-state index contributed by atoms with van der Waals surface area (Å²) in [5, 5.41) is 11.5. The number of benzene rings is 2. The van der Waals surface area contributed by atoms with Gasteiger partial charge in [-0.25, -0.2) is 4.98 Å². The molecule has 30 heavy (non-hydrogen) atoms. The molecule has 0 aliphatic carbocycles. The van der Waals surface area contributed by atoms with Crippen LogP contribution >= 0.6 is 11.3 Å². The number of nitrogens with zero attached hydrogens (tertiary/aromatic N) is 4. The highest BCUT2D eigenvalue weighted by molar-refractivity contribution is 7.22. The SMILES string of the molecule is Cc1ccc2sc(N(CCN(C)C)C(=O)/C=C\c3ccc([N+](=O)[O-])cc3)nc2c1C. The first-order valence-corrected chi connectivity index (χ1v) is 10.3. The molecule has 8 heteroatoms. The number of aryl methyl sites for hydroxylation is 2. The number of carbonyl (C=O) groups is 1. The fourth-order valence-corrected chi connectivity index (χ4v) is 3.95. The van der Waals surface area contributed by atoms with E-state index in [1.807, 2.05) is 32.0 Å². The summed E-state index contributed by atoms with van der Waals surface area (Å²) in [4.78, 5) is 31.8. The third kappa shape index (κ3) is 4.90. The number of carbonyl (C=O) groups excluding carboxylic acids is 1. The van der Waals surface area contributed by atoms with Crippen molar-refractivity contribution in [3.63, 3.8) is 0 Å². The molecule has 156 valence electrons. The first-order valence-electron chi connectivity index (χ1n) is 9.52. The molecule has 7 nitrogen and oxygen atoms in total. The third-order valence-electron chi connectivity index (χ3n) is 4.86. The largest absolute Gasteiger partial charge is 0.308 e. The third-order valence-corrected chi connectivity index (χ3v) is 5.91.